The molecule has 3 fully saturated rings. The van der Waals surface area contributed by atoms with Crippen LogP contribution in [0.4, 0.5) is 0 Å². The standard InChI is InChI=1S/C30H56/c1-4-6-10-14-26-17-19-27-15-11-8-7-9-12-16-28(23-29(27)22-26)30-20-18-25(13-5-2)21-24(30)3/h24-30H,4-23H2,1-3H3. The first-order chi connectivity index (χ1) is 14.7. The van der Waals surface area contributed by atoms with Crippen LogP contribution in [0.5, 0.6) is 0 Å². The van der Waals surface area contributed by atoms with Crippen LogP contribution in [0.15, 0.2) is 0 Å². The Balaban J connectivity index is 1.64. The Hall–Kier alpha value is 0. The van der Waals surface area contributed by atoms with Gasteiger partial charge in [-0.15, -0.1) is 0 Å². The van der Waals surface area contributed by atoms with Crippen molar-refractivity contribution in [2.45, 2.75) is 149 Å². The highest BCUT2D eigenvalue weighted by Gasteiger charge is 2.37. The first-order valence-corrected chi connectivity index (χ1v) is 14.7. The second-order valence-electron chi connectivity index (χ2n) is 12.1. The average Bonchev–Trinajstić information content (AvgIpc) is 2.78. The zero-order valence-corrected chi connectivity index (χ0v) is 21.2. The van der Waals surface area contributed by atoms with Crippen LogP contribution < -0.4 is 0 Å². The minimum absolute atomic E-state index is 0.993. The molecule has 0 aromatic carbocycles. The van der Waals surface area contributed by atoms with Crippen molar-refractivity contribution in [1.29, 1.82) is 0 Å². The minimum atomic E-state index is 0.993. The summed E-state index contributed by atoms with van der Waals surface area (Å²) in [5.74, 6) is 7.39. The molecule has 0 heterocycles. The fourth-order valence-electron chi connectivity index (χ4n) is 8.18. The molecule has 7 unspecified atom stereocenters. The maximum Gasteiger partial charge on any atom is -0.0360 e. The van der Waals surface area contributed by atoms with E-state index in [1.165, 1.54) is 64.2 Å². The lowest BCUT2D eigenvalue weighted by molar-refractivity contribution is 0.0732. The molecular formula is C30H56. The van der Waals surface area contributed by atoms with Gasteiger partial charge in [0.2, 0.25) is 0 Å². The third-order valence-corrected chi connectivity index (χ3v) is 9.87. The summed E-state index contributed by atoms with van der Waals surface area (Å²) in [6.45, 7) is 7.40. The zero-order valence-electron chi connectivity index (χ0n) is 21.2. The zero-order chi connectivity index (χ0) is 21.2. The van der Waals surface area contributed by atoms with Gasteiger partial charge >= 0.3 is 0 Å². The first-order valence-electron chi connectivity index (χ1n) is 14.7. The molecule has 0 aromatic rings. The largest absolute Gasteiger partial charge is 0.0654 e. The second-order valence-corrected chi connectivity index (χ2v) is 12.1. The van der Waals surface area contributed by atoms with E-state index >= 15 is 0 Å². The third-order valence-electron chi connectivity index (χ3n) is 9.87. The van der Waals surface area contributed by atoms with Gasteiger partial charge in [0.15, 0.2) is 0 Å². The lowest BCUT2D eigenvalue weighted by atomic mass is 9.62. The molecule has 0 saturated heterocycles. The van der Waals surface area contributed by atoms with Crippen LogP contribution in [0.2, 0.25) is 0 Å². The lowest BCUT2D eigenvalue weighted by Crippen LogP contribution is -2.33. The number of unbranched alkanes of at least 4 members (excludes halogenated alkanes) is 2. The average molecular weight is 417 g/mol. The van der Waals surface area contributed by atoms with Gasteiger partial charge in [0.1, 0.15) is 0 Å². The van der Waals surface area contributed by atoms with Gasteiger partial charge in [-0.3, -0.25) is 0 Å². The van der Waals surface area contributed by atoms with Crippen molar-refractivity contribution in [2.75, 3.05) is 0 Å². The molecular weight excluding hydrogens is 360 g/mol. The molecule has 3 aliphatic rings. The van der Waals surface area contributed by atoms with Crippen molar-refractivity contribution in [1.82, 2.24) is 0 Å². The van der Waals surface area contributed by atoms with Crippen LogP contribution in [0.25, 0.3) is 0 Å². The van der Waals surface area contributed by atoms with Gasteiger partial charge in [0.25, 0.3) is 0 Å². The quantitative estimate of drug-likeness (QED) is 0.362. The van der Waals surface area contributed by atoms with E-state index in [4.69, 9.17) is 0 Å². The molecule has 30 heavy (non-hydrogen) atoms. The van der Waals surface area contributed by atoms with Gasteiger partial charge in [-0.05, 0) is 73.5 Å². The Bertz CT molecular complexity index is 439. The molecule has 0 aromatic heterocycles. The molecule has 7 atom stereocenters. The molecule has 3 aliphatic carbocycles. The summed E-state index contributed by atoms with van der Waals surface area (Å²) in [7, 11) is 0. The highest BCUT2D eigenvalue weighted by atomic mass is 14.4. The Morgan fingerprint density at radius 2 is 1.23 bits per heavy atom. The van der Waals surface area contributed by atoms with Crippen molar-refractivity contribution < 1.29 is 0 Å². The predicted molar refractivity (Wildman–Crippen MR) is 134 cm³/mol. The van der Waals surface area contributed by atoms with Crippen molar-refractivity contribution in [3.05, 3.63) is 0 Å². The molecule has 0 spiro atoms. The summed E-state index contributed by atoms with van der Waals surface area (Å²) in [5.41, 5.74) is 0. The predicted octanol–water partition coefficient (Wildman–Crippen LogP) is 10.2. The monoisotopic (exact) mass is 416 g/mol. The highest BCUT2D eigenvalue weighted by molar-refractivity contribution is 4.88. The Labute approximate surface area is 190 Å². The van der Waals surface area contributed by atoms with Crippen molar-refractivity contribution >= 4 is 0 Å². The van der Waals surface area contributed by atoms with E-state index in [1.54, 1.807) is 64.2 Å². The topological polar surface area (TPSA) is 0 Å². The summed E-state index contributed by atoms with van der Waals surface area (Å²) in [5, 5.41) is 0. The highest BCUT2D eigenvalue weighted by Crippen LogP contribution is 2.48. The van der Waals surface area contributed by atoms with Crippen LogP contribution >= 0.6 is 0 Å². The van der Waals surface area contributed by atoms with E-state index in [0.29, 0.717) is 0 Å². The summed E-state index contributed by atoms with van der Waals surface area (Å²) < 4.78 is 0. The van der Waals surface area contributed by atoms with Gasteiger partial charge in [-0.25, -0.2) is 0 Å². The fraction of sp³-hybridized carbons (Fsp3) is 1.00. The molecule has 0 aliphatic heterocycles. The molecule has 0 heteroatoms. The molecule has 3 rings (SSSR count). The Morgan fingerprint density at radius 3 is 1.97 bits per heavy atom. The maximum atomic E-state index is 2.64. The summed E-state index contributed by atoms with van der Waals surface area (Å²) >= 11 is 0. The third kappa shape index (κ3) is 7.55. The molecule has 176 valence electrons. The summed E-state index contributed by atoms with van der Waals surface area (Å²) in [6.07, 6.45) is 30.5. The van der Waals surface area contributed by atoms with Gasteiger partial charge in [0, 0.05) is 0 Å². The molecule has 0 amide bonds. The van der Waals surface area contributed by atoms with Gasteiger partial charge < -0.3 is 0 Å². The van der Waals surface area contributed by atoms with Crippen molar-refractivity contribution in [3.8, 4) is 0 Å². The second kappa shape index (κ2) is 13.5. The van der Waals surface area contributed by atoms with Crippen LogP contribution in [-0.4, -0.2) is 0 Å². The molecule has 3 saturated carbocycles. The van der Waals surface area contributed by atoms with E-state index in [9.17, 15) is 0 Å². The Kier molecular flexibility index (Phi) is 11.1. The molecule has 0 N–H and O–H groups in total. The van der Waals surface area contributed by atoms with Crippen molar-refractivity contribution in [2.24, 2.45) is 41.4 Å². The van der Waals surface area contributed by atoms with Crippen LogP contribution in [0.1, 0.15) is 149 Å². The summed E-state index contributed by atoms with van der Waals surface area (Å²) in [6, 6.07) is 0. The van der Waals surface area contributed by atoms with E-state index in [-0.39, 0.29) is 0 Å². The first kappa shape index (κ1) is 24.6. The van der Waals surface area contributed by atoms with Gasteiger partial charge in [-0.2, -0.15) is 0 Å². The summed E-state index contributed by atoms with van der Waals surface area (Å²) in [4.78, 5) is 0. The smallest absolute Gasteiger partial charge is 0.0360 e. The Morgan fingerprint density at radius 1 is 0.533 bits per heavy atom. The maximum absolute atomic E-state index is 2.64. The van der Waals surface area contributed by atoms with Gasteiger partial charge in [-0.1, -0.05) is 117 Å². The normalized spacial score (nSPS) is 39.1. The molecule has 0 bridgehead atoms. The molecule has 0 radical (unpaired) electrons. The number of fused-ring (bicyclic) bond motifs is 1. The number of hydrogen-bond donors (Lipinski definition) is 0. The van der Waals surface area contributed by atoms with E-state index in [2.05, 4.69) is 20.8 Å². The number of hydrogen-bond acceptors (Lipinski definition) is 0. The van der Waals surface area contributed by atoms with Crippen LogP contribution in [0.3, 0.4) is 0 Å². The minimum Gasteiger partial charge on any atom is -0.0654 e. The molecule has 0 nitrogen and oxygen atoms in total. The lowest BCUT2D eigenvalue weighted by Gasteiger charge is -2.43. The fourth-order valence-corrected chi connectivity index (χ4v) is 8.18. The number of rotatable bonds is 7. The van der Waals surface area contributed by atoms with E-state index in [0.717, 1.165) is 41.4 Å². The van der Waals surface area contributed by atoms with E-state index in [1.807, 2.05) is 0 Å². The van der Waals surface area contributed by atoms with Crippen LogP contribution in [0, 0.1) is 41.4 Å². The van der Waals surface area contributed by atoms with Crippen LogP contribution in [-0.2, 0) is 0 Å². The van der Waals surface area contributed by atoms with E-state index < -0.39 is 0 Å². The SMILES string of the molecule is CCCCCC1CCC2CCCCCCCC(C3CCC(CCC)CC3C)CC2C1. The van der Waals surface area contributed by atoms with Crippen molar-refractivity contribution in [3.63, 3.8) is 0 Å². The van der Waals surface area contributed by atoms with Gasteiger partial charge in [0.05, 0.1) is 0 Å².